The van der Waals surface area contributed by atoms with Crippen molar-refractivity contribution in [2.75, 3.05) is 23.9 Å². The number of halogens is 1. The molecule has 0 amide bonds. The van der Waals surface area contributed by atoms with E-state index in [-0.39, 0.29) is 24.3 Å². The zero-order chi connectivity index (χ0) is 17.2. The van der Waals surface area contributed by atoms with E-state index in [4.69, 9.17) is 0 Å². The number of fused-ring (bicyclic) bond motifs is 1. The third kappa shape index (κ3) is 4.14. The maximum Gasteiger partial charge on any atom is 0.235 e. The standard InChI is InChI=1S/C13H19FN6O2S2/c1-23-13-16-11-8-10(14)18-20(11)12(17-13)15-6-7-24(21,22)19-9-4-2-3-5-9/h8-9,19H,2-7H2,1H3,(H,15,16,17). The van der Waals surface area contributed by atoms with E-state index in [1.54, 1.807) is 6.26 Å². The third-order valence-corrected chi connectivity index (χ3v) is 5.79. The zero-order valence-corrected chi connectivity index (χ0v) is 14.8. The number of rotatable bonds is 7. The average Bonchev–Trinajstić information content (AvgIpc) is 3.14. The van der Waals surface area contributed by atoms with E-state index < -0.39 is 16.0 Å². The van der Waals surface area contributed by atoms with Gasteiger partial charge in [0, 0.05) is 18.7 Å². The van der Waals surface area contributed by atoms with Crippen molar-refractivity contribution in [2.45, 2.75) is 36.9 Å². The maximum absolute atomic E-state index is 13.3. The smallest absolute Gasteiger partial charge is 0.235 e. The van der Waals surface area contributed by atoms with E-state index in [0.29, 0.717) is 10.8 Å². The Bertz CT molecular complexity index is 819. The van der Waals surface area contributed by atoms with Gasteiger partial charge in [-0.2, -0.15) is 13.9 Å². The summed E-state index contributed by atoms with van der Waals surface area (Å²) in [7, 11) is -3.36. The van der Waals surface area contributed by atoms with Crippen LogP contribution in [-0.2, 0) is 10.0 Å². The highest BCUT2D eigenvalue weighted by Gasteiger charge is 2.21. The Morgan fingerprint density at radius 2 is 2.12 bits per heavy atom. The predicted molar refractivity (Wildman–Crippen MR) is 90.2 cm³/mol. The molecule has 0 aliphatic heterocycles. The summed E-state index contributed by atoms with van der Waals surface area (Å²) in [4.78, 5) is 8.36. The second-order valence-corrected chi connectivity index (χ2v) is 8.26. The highest BCUT2D eigenvalue weighted by molar-refractivity contribution is 7.98. The summed E-state index contributed by atoms with van der Waals surface area (Å²) in [6.07, 6.45) is 5.71. The van der Waals surface area contributed by atoms with Gasteiger partial charge in [-0.15, -0.1) is 5.10 Å². The van der Waals surface area contributed by atoms with Crippen LogP contribution in [0.25, 0.3) is 5.65 Å². The number of nitrogens with zero attached hydrogens (tertiary/aromatic N) is 4. The number of hydrogen-bond donors (Lipinski definition) is 2. The number of thioether (sulfide) groups is 1. The monoisotopic (exact) mass is 374 g/mol. The topological polar surface area (TPSA) is 101 Å². The van der Waals surface area contributed by atoms with Crippen molar-refractivity contribution in [3.63, 3.8) is 0 Å². The molecule has 132 valence electrons. The van der Waals surface area contributed by atoms with E-state index >= 15 is 0 Å². The van der Waals surface area contributed by atoms with Gasteiger partial charge >= 0.3 is 0 Å². The van der Waals surface area contributed by atoms with Crippen molar-refractivity contribution in [1.29, 1.82) is 0 Å². The maximum atomic E-state index is 13.3. The zero-order valence-electron chi connectivity index (χ0n) is 13.2. The Balaban J connectivity index is 1.66. The number of anilines is 1. The van der Waals surface area contributed by atoms with E-state index in [2.05, 4.69) is 25.1 Å². The first kappa shape index (κ1) is 17.4. The second-order valence-electron chi connectivity index (χ2n) is 5.62. The molecule has 1 aliphatic carbocycles. The van der Waals surface area contributed by atoms with Crippen LogP contribution in [0.4, 0.5) is 10.3 Å². The predicted octanol–water partition coefficient (Wildman–Crippen LogP) is 1.26. The van der Waals surface area contributed by atoms with Gasteiger partial charge in [-0.3, -0.25) is 0 Å². The summed E-state index contributed by atoms with van der Waals surface area (Å²) in [5.74, 6) is -0.488. The molecule has 11 heteroatoms. The Morgan fingerprint density at radius 1 is 1.38 bits per heavy atom. The summed E-state index contributed by atoms with van der Waals surface area (Å²) in [6.45, 7) is 0.142. The first-order valence-electron chi connectivity index (χ1n) is 7.68. The van der Waals surface area contributed by atoms with E-state index in [9.17, 15) is 12.8 Å². The lowest BCUT2D eigenvalue weighted by molar-refractivity contribution is 0.552. The normalized spacial score (nSPS) is 16.1. The van der Waals surface area contributed by atoms with Crippen LogP contribution < -0.4 is 10.0 Å². The van der Waals surface area contributed by atoms with Crippen LogP contribution >= 0.6 is 11.8 Å². The number of nitrogens with one attached hydrogen (secondary N) is 2. The summed E-state index contributed by atoms with van der Waals surface area (Å²) < 4.78 is 41.5. The fourth-order valence-corrected chi connectivity index (χ4v) is 4.29. The molecule has 0 atom stereocenters. The van der Waals surface area contributed by atoms with Gasteiger partial charge < -0.3 is 5.32 Å². The SMILES string of the molecule is CSc1nc(NCCS(=O)(=O)NC2CCCC2)n2nc(F)cc2n1. The first-order valence-corrected chi connectivity index (χ1v) is 10.6. The van der Waals surface area contributed by atoms with Crippen molar-refractivity contribution >= 4 is 33.4 Å². The van der Waals surface area contributed by atoms with Gasteiger partial charge in [-0.25, -0.2) is 18.1 Å². The van der Waals surface area contributed by atoms with Crippen LogP contribution in [0.15, 0.2) is 11.2 Å². The van der Waals surface area contributed by atoms with E-state index in [1.807, 2.05) is 0 Å². The Kier molecular flexibility index (Phi) is 5.21. The number of hydrogen-bond acceptors (Lipinski definition) is 7. The minimum atomic E-state index is -3.36. The molecule has 1 fully saturated rings. The van der Waals surface area contributed by atoms with Crippen molar-refractivity contribution in [2.24, 2.45) is 0 Å². The molecule has 0 bridgehead atoms. The lowest BCUT2D eigenvalue weighted by Gasteiger charge is -2.13. The lowest BCUT2D eigenvalue weighted by Crippen LogP contribution is -2.36. The molecule has 0 saturated heterocycles. The number of aromatic nitrogens is 4. The summed E-state index contributed by atoms with van der Waals surface area (Å²) in [5, 5.41) is 7.04. The van der Waals surface area contributed by atoms with Gasteiger partial charge in [0.25, 0.3) is 0 Å². The van der Waals surface area contributed by atoms with Gasteiger partial charge in [0.05, 0.1) is 5.75 Å². The Morgan fingerprint density at radius 3 is 2.83 bits per heavy atom. The van der Waals surface area contributed by atoms with Crippen LogP contribution in [0.1, 0.15) is 25.7 Å². The van der Waals surface area contributed by atoms with Crippen molar-refractivity contribution in [1.82, 2.24) is 24.3 Å². The second kappa shape index (κ2) is 7.19. The molecule has 24 heavy (non-hydrogen) atoms. The van der Waals surface area contributed by atoms with Crippen LogP contribution in [0.2, 0.25) is 0 Å². The van der Waals surface area contributed by atoms with E-state index in [0.717, 1.165) is 25.7 Å². The lowest BCUT2D eigenvalue weighted by atomic mass is 10.3. The van der Waals surface area contributed by atoms with Crippen LogP contribution in [0.5, 0.6) is 0 Å². The van der Waals surface area contributed by atoms with Crippen molar-refractivity contribution < 1.29 is 12.8 Å². The van der Waals surface area contributed by atoms with Gasteiger partial charge in [0.2, 0.25) is 21.9 Å². The van der Waals surface area contributed by atoms with Crippen LogP contribution in [-0.4, -0.2) is 52.6 Å². The van der Waals surface area contributed by atoms with Gasteiger partial charge in [-0.05, 0) is 19.1 Å². The quantitative estimate of drug-likeness (QED) is 0.704. The van der Waals surface area contributed by atoms with Crippen LogP contribution in [0.3, 0.4) is 0 Å². The molecule has 0 aromatic carbocycles. The van der Waals surface area contributed by atoms with E-state index in [1.165, 1.54) is 22.3 Å². The molecule has 8 nitrogen and oxygen atoms in total. The summed E-state index contributed by atoms with van der Waals surface area (Å²) >= 11 is 1.31. The number of sulfonamides is 1. The molecule has 0 unspecified atom stereocenters. The fourth-order valence-electron chi connectivity index (χ4n) is 2.70. The Labute approximate surface area is 143 Å². The van der Waals surface area contributed by atoms with Crippen molar-refractivity contribution in [3.05, 3.63) is 12.0 Å². The third-order valence-electron chi connectivity index (χ3n) is 3.81. The fraction of sp³-hybridized carbons (Fsp3) is 0.615. The van der Waals surface area contributed by atoms with Gasteiger partial charge in [0.15, 0.2) is 10.8 Å². The molecule has 2 aromatic rings. The molecule has 0 spiro atoms. The minimum absolute atomic E-state index is 0.0454. The molecule has 0 radical (unpaired) electrons. The summed E-state index contributed by atoms with van der Waals surface area (Å²) in [6, 6.07) is 1.24. The first-order chi connectivity index (χ1) is 11.5. The van der Waals surface area contributed by atoms with Gasteiger partial charge in [0.1, 0.15) is 0 Å². The van der Waals surface area contributed by atoms with Crippen molar-refractivity contribution in [3.8, 4) is 0 Å². The van der Waals surface area contributed by atoms with Crippen LogP contribution in [0, 0.1) is 5.95 Å². The minimum Gasteiger partial charge on any atom is -0.353 e. The average molecular weight is 374 g/mol. The molecule has 2 heterocycles. The molecule has 2 aromatic heterocycles. The highest BCUT2D eigenvalue weighted by atomic mass is 32.2. The highest BCUT2D eigenvalue weighted by Crippen LogP contribution is 2.18. The Hall–Kier alpha value is -1.46. The largest absolute Gasteiger partial charge is 0.353 e. The van der Waals surface area contributed by atoms with Gasteiger partial charge in [-0.1, -0.05) is 24.6 Å². The molecule has 1 aliphatic rings. The molecule has 1 saturated carbocycles. The molecular formula is C13H19FN6O2S2. The molecule has 3 rings (SSSR count). The molecule has 2 N–H and O–H groups in total. The molecular weight excluding hydrogens is 355 g/mol. The summed E-state index contributed by atoms with van der Waals surface area (Å²) in [5.41, 5.74) is 0.321.